The molecular formula is C14H17BrN2O. The van der Waals surface area contributed by atoms with Crippen LogP contribution in [0.15, 0.2) is 22.7 Å². The lowest BCUT2D eigenvalue weighted by molar-refractivity contribution is 0.388. The van der Waals surface area contributed by atoms with E-state index in [0.717, 1.165) is 28.8 Å². The van der Waals surface area contributed by atoms with Crippen molar-refractivity contribution >= 4 is 21.6 Å². The van der Waals surface area contributed by atoms with Crippen molar-refractivity contribution in [1.29, 1.82) is 5.26 Å². The van der Waals surface area contributed by atoms with Crippen LogP contribution in [-0.4, -0.2) is 13.2 Å². The van der Waals surface area contributed by atoms with Crippen LogP contribution >= 0.6 is 15.9 Å². The molecule has 0 bridgehead atoms. The number of halogens is 1. The molecular weight excluding hydrogens is 292 g/mol. The number of nitriles is 1. The molecule has 0 spiro atoms. The summed E-state index contributed by atoms with van der Waals surface area (Å²) in [5.41, 5.74) is 1.02. The van der Waals surface area contributed by atoms with Gasteiger partial charge in [-0.15, -0.1) is 0 Å². The van der Waals surface area contributed by atoms with Crippen LogP contribution in [0.4, 0.5) is 5.69 Å². The second-order valence-corrected chi connectivity index (χ2v) is 5.47. The summed E-state index contributed by atoms with van der Waals surface area (Å²) in [5.74, 6) is 0.928. The number of rotatable bonds is 3. The number of benzene rings is 1. The molecule has 96 valence electrons. The van der Waals surface area contributed by atoms with Gasteiger partial charge in [0, 0.05) is 17.8 Å². The molecule has 2 unspecified atom stereocenters. The molecule has 0 aliphatic heterocycles. The minimum atomic E-state index is 0.119. The average Bonchev–Trinajstić information content (AvgIpc) is 2.41. The minimum Gasteiger partial charge on any atom is -0.495 e. The van der Waals surface area contributed by atoms with Gasteiger partial charge in [-0.25, -0.2) is 0 Å². The van der Waals surface area contributed by atoms with Crippen molar-refractivity contribution in [3.05, 3.63) is 22.7 Å². The van der Waals surface area contributed by atoms with Crippen molar-refractivity contribution in [1.82, 2.24) is 0 Å². The molecule has 18 heavy (non-hydrogen) atoms. The molecule has 0 heterocycles. The first kappa shape index (κ1) is 13.2. The maximum Gasteiger partial charge on any atom is 0.135 e. The largest absolute Gasteiger partial charge is 0.495 e. The third-order valence-corrected chi connectivity index (χ3v) is 4.09. The number of nitrogens with zero attached hydrogens (tertiary/aromatic N) is 1. The second-order valence-electron chi connectivity index (χ2n) is 4.62. The fourth-order valence-electron chi connectivity index (χ4n) is 2.42. The van der Waals surface area contributed by atoms with Gasteiger partial charge < -0.3 is 10.1 Å². The monoisotopic (exact) mass is 308 g/mol. The van der Waals surface area contributed by atoms with E-state index in [9.17, 15) is 0 Å². The van der Waals surface area contributed by atoms with Crippen molar-refractivity contribution < 1.29 is 4.74 Å². The number of anilines is 1. The van der Waals surface area contributed by atoms with Gasteiger partial charge in [0.2, 0.25) is 0 Å². The van der Waals surface area contributed by atoms with Gasteiger partial charge in [0.25, 0.3) is 0 Å². The molecule has 2 rings (SSSR count). The van der Waals surface area contributed by atoms with Crippen LogP contribution < -0.4 is 10.1 Å². The van der Waals surface area contributed by atoms with Gasteiger partial charge in [-0.05, 0) is 40.9 Å². The maximum absolute atomic E-state index is 9.16. The number of nitrogens with one attached hydrogen (secondary N) is 1. The molecule has 0 aromatic heterocycles. The Morgan fingerprint density at radius 3 is 2.89 bits per heavy atom. The summed E-state index contributed by atoms with van der Waals surface area (Å²) in [6.45, 7) is 0. The number of ether oxygens (including phenoxy) is 1. The Balaban J connectivity index is 2.10. The quantitative estimate of drug-likeness (QED) is 0.919. The van der Waals surface area contributed by atoms with E-state index in [2.05, 4.69) is 27.3 Å². The molecule has 2 atom stereocenters. The zero-order chi connectivity index (χ0) is 13.0. The first-order valence-electron chi connectivity index (χ1n) is 6.24. The van der Waals surface area contributed by atoms with Crippen LogP contribution in [0.1, 0.15) is 25.7 Å². The fourth-order valence-corrected chi connectivity index (χ4v) is 2.83. The van der Waals surface area contributed by atoms with E-state index < -0.39 is 0 Å². The Hall–Kier alpha value is -1.21. The lowest BCUT2D eigenvalue weighted by Crippen LogP contribution is -2.31. The Bertz CT molecular complexity index is 456. The molecule has 1 N–H and O–H groups in total. The molecule has 1 saturated carbocycles. The predicted molar refractivity (Wildman–Crippen MR) is 75.7 cm³/mol. The highest BCUT2D eigenvalue weighted by atomic mass is 79.9. The molecule has 1 aliphatic rings. The zero-order valence-corrected chi connectivity index (χ0v) is 12.0. The third-order valence-electron chi connectivity index (χ3n) is 3.43. The highest BCUT2D eigenvalue weighted by Crippen LogP contribution is 2.31. The number of methoxy groups -OCH3 is 1. The Morgan fingerprint density at radius 2 is 2.17 bits per heavy atom. The summed E-state index contributed by atoms with van der Waals surface area (Å²) in [6.07, 6.45) is 4.43. The van der Waals surface area contributed by atoms with E-state index in [1.165, 1.54) is 12.8 Å². The third kappa shape index (κ3) is 2.97. The summed E-state index contributed by atoms with van der Waals surface area (Å²) < 4.78 is 6.22. The molecule has 3 nitrogen and oxygen atoms in total. The van der Waals surface area contributed by atoms with Crippen molar-refractivity contribution in [2.45, 2.75) is 31.7 Å². The van der Waals surface area contributed by atoms with Crippen LogP contribution in [0, 0.1) is 17.2 Å². The molecule has 1 aromatic carbocycles. The van der Waals surface area contributed by atoms with E-state index in [4.69, 9.17) is 10.00 Å². The van der Waals surface area contributed by atoms with E-state index in [0.29, 0.717) is 0 Å². The van der Waals surface area contributed by atoms with Crippen molar-refractivity contribution in [2.24, 2.45) is 5.92 Å². The first-order chi connectivity index (χ1) is 8.74. The summed E-state index contributed by atoms with van der Waals surface area (Å²) in [5, 5.41) is 12.6. The average molecular weight is 309 g/mol. The van der Waals surface area contributed by atoms with Crippen molar-refractivity contribution in [3.8, 4) is 11.8 Å². The Kier molecular flexibility index (Phi) is 4.48. The maximum atomic E-state index is 9.16. The lowest BCUT2D eigenvalue weighted by atomic mass is 9.85. The zero-order valence-electron chi connectivity index (χ0n) is 10.4. The van der Waals surface area contributed by atoms with Crippen LogP contribution in [0.3, 0.4) is 0 Å². The van der Waals surface area contributed by atoms with E-state index in [1.54, 1.807) is 7.11 Å². The lowest BCUT2D eigenvalue weighted by Gasteiger charge is -2.28. The molecule has 1 fully saturated rings. The molecule has 0 amide bonds. The van der Waals surface area contributed by atoms with Crippen molar-refractivity contribution in [3.63, 3.8) is 0 Å². The molecule has 4 heteroatoms. The van der Waals surface area contributed by atoms with Gasteiger partial charge in [0.05, 0.1) is 23.6 Å². The molecule has 0 radical (unpaired) electrons. The normalized spacial score (nSPS) is 23.2. The molecule has 0 saturated heterocycles. The van der Waals surface area contributed by atoms with Gasteiger partial charge in [-0.1, -0.05) is 12.8 Å². The Labute approximate surface area is 116 Å². The van der Waals surface area contributed by atoms with Gasteiger partial charge >= 0.3 is 0 Å². The van der Waals surface area contributed by atoms with E-state index >= 15 is 0 Å². The van der Waals surface area contributed by atoms with Gasteiger partial charge in [-0.3, -0.25) is 0 Å². The molecule has 1 aliphatic carbocycles. The van der Waals surface area contributed by atoms with E-state index in [1.807, 2.05) is 18.2 Å². The van der Waals surface area contributed by atoms with Crippen LogP contribution in [0.2, 0.25) is 0 Å². The second kappa shape index (κ2) is 6.10. The molecule has 1 aromatic rings. The van der Waals surface area contributed by atoms with Gasteiger partial charge in [0.1, 0.15) is 5.75 Å². The summed E-state index contributed by atoms with van der Waals surface area (Å²) in [7, 11) is 1.66. The highest BCUT2D eigenvalue weighted by molar-refractivity contribution is 9.10. The van der Waals surface area contributed by atoms with Crippen molar-refractivity contribution in [2.75, 3.05) is 12.4 Å². The number of hydrogen-bond donors (Lipinski definition) is 1. The summed E-state index contributed by atoms with van der Waals surface area (Å²) in [6, 6.07) is 8.61. The van der Waals surface area contributed by atoms with Gasteiger partial charge in [-0.2, -0.15) is 5.26 Å². The SMILES string of the molecule is COc1cc(NC2CCCCC2C#N)ccc1Br. The fraction of sp³-hybridized carbons (Fsp3) is 0.500. The minimum absolute atomic E-state index is 0.119. The predicted octanol–water partition coefficient (Wildman–Crippen LogP) is 3.95. The highest BCUT2D eigenvalue weighted by Gasteiger charge is 2.24. The van der Waals surface area contributed by atoms with E-state index in [-0.39, 0.29) is 12.0 Å². The van der Waals surface area contributed by atoms with Crippen LogP contribution in [0.5, 0.6) is 5.75 Å². The first-order valence-corrected chi connectivity index (χ1v) is 7.03. The van der Waals surface area contributed by atoms with Crippen LogP contribution in [-0.2, 0) is 0 Å². The standard InChI is InChI=1S/C14H17BrN2O/c1-18-14-8-11(6-7-12(14)15)17-13-5-3-2-4-10(13)9-16/h6-8,10,13,17H,2-5H2,1H3. The van der Waals surface area contributed by atoms with Gasteiger partial charge in [0.15, 0.2) is 0 Å². The topological polar surface area (TPSA) is 45.0 Å². The van der Waals surface area contributed by atoms with Crippen LogP contribution in [0.25, 0.3) is 0 Å². The summed E-state index contributed by atoms with van der Waals surface area (Å²) in [4.78, 5) is 0. The number of hydrogen-bond acceptors (Lipinski definition) is 3. The smallest absolute Gasteiger partial charge is 0.135 e. The Morgan fingerprint density at radius 1 is 1.39 bits per heavy atom. The summed E-state index contributed by atoms with van der Waals surface area (Å²) >= 11 is 3.44.